The first kappa shape index (κ1) is 13.2. The Morgan fingerprint density at radius 3 is 2.95 bits per heavy atom. The Kier molecular flexibility index (Phi) is 3.75. The van der Waals surface area contributed by atoms with Crippen molar-refractivity contribution in [3.63, 3.8) is 0 Å². The van der Waals surface area contributed by atoms with Crippen LogP contribution in [0.2, 0.25) is 0 Å². The predicted octanol–water partition coefficient (Wildman–Crippen LogP) is -0.335. The van der Waals surface area contributed by atoms with Crippen LogP contribution >= 0.6 is 0 Å². The van der Waals surface area contributed by atoms with E-state index in [0.717, 1.165) is 5.75 Å². The molecule has 3 atom stereocenters. The molecule has 3 unspecified atom stereocenters. The van der Waals surface area contributed by atoms with Gasteiger partial charge in [0.1, 0.15) is 12.7 Å². The Morgan fingerprint density at radius 1 is 1.40 bits per heavy atom. The molecule has 108 valence electrons. The van der Waals surface area contributed by atoms with Gasteiger partial charge in [0.15, 0.2) is 11.5 Å². The van der Waals surface area contributed by atoms with Gasteiger partial charge in [-0.3, -0.25) is 4.79 Å². The molecule has 2 heterocycles. The number of hydrogen-bond acceptors (Lipinski definition) is 5. The zero-order valence-electron chi connectivity index (χ0n) is 11.0. The van der Waals surface area contributed by atoms with Crippen molar-refractivity contribution in [3.8, 4) is 11.5 Å². The molecule has 2 aliphatic heterocycles. The molecule has 20 heavy (non-hydrogen) atoms. The van der Waals surface area contributed by atoms with Crippen LogP contribution in [0.1, 0.15) is 6.42 Å². The van der Waals surface area contributed by atoms with Gasteiger partial charge in [0, 0.05) is 6.54 Å². The van der Waals surface area contributed by atoms with E-state index in [4.69, 9.17) is 9.47 Å². The van der Waals surface area contributed by atoms with Crippen molar-refractivity contribution in [3.05, 3.63) is 24.3 Å². The van der Waals surface area contributed by atoms with E-state index in [-0.39, 0.29) is 18.1 Å². The molecule has 0 saturated carbocycles. The first-order chi connectivity index (χ1) is 9.72. The van der Waals surface area contributed by atoms with Crippen molar-refractivity contribution < 1.29 is 19.4 Å². The van der Waals surface area contributed by atoms with Gasteiger partial charge in [-0.15, -0.1) is 0 Å². The number of aliphatic hydroxyl groups excluding tert-OH is 1. The quantitative estimate of drug-likeness (QED) is 0.705. The molecule has 2 aliphatic rings. The van der Waals surface area contributed by atoms with Gasteiger partial charge in [0.2, 0.25) is 5.91 Å². The monoisotopic (exact) mass is 278 g/mol. The molecule has 0 bridgehead atoms. The molecule has 0 spiro atoms. The zero-order chi connectivity index (χ0) is 13.9. The Balaban J connectivity index is 1.49. The second-order valence-electron chi connectivity index (χ2n) is 5.09. The lowest BCUT2D eigenvalue weighted by atomic mass is 10.2. The highest BCUT2D eigenvalue weighted by Gasteiger charge is 2.29. The Labute approximate surface area is 117 Å². The SMILES string of the molecule is O=C(NCC1COc2ccccc2O1)C1CC(O)CN1. The molecule has 6 nitrogen and oxygen atoms in total. The van der Waals surface area contributed by atoms with E-state index < -0.39 is 6.10 Å². The van der Waals surface area contributed by atoms with Crippen LogP contribution in [-0.4, -0.2) is 49.0 Å². The van der Waals surface area contributed by atoms with Gasteiger partial charge in [-0.2, -0.15) is 0 Å². The van der Waals surface area contributed by atoms with Crippen molar-refractivity contribution in [2.75, 3.05) is 19.7 Å². The minimum absolute atomic E-state index is 0.107. The Bertz CT molecular complexity index is 494. The number of β-amino-alcohol motifs (C(OH)–C–C–N with tert-alkyl or cyclic N) is 1. The molecule has 1 fully saturated rings. The summed E-state index contributed by atoms with van der Waals surface area (Å²) in [5.74, 6) is 1.33. The summed E-state index contributed by atoms with van der Waals surface area (Å²) in [7, 11) is 0. The van der Waals surface area contributed by atoms with Crippen molar-refractivity contribution >= 4 is 5.91 Å². The van der Waals surface area contributed by atoms with Crippen LogP contribution in [0.5, 0.6) is 11.5 Å². The maximum absolute atomic E-state index is 11.9. The lowest BCUT2D eigenvalue weighted by Crippen LogP contribution is -2.46. The lowest BCUT2D eigenvalue weighted by molar-refractivity contribution is -0.123. The number of hydrogen-bond donors (Lipinski definition) is 3. The summed E-state index contributed by atoms with van der Waals surface area (Å²) < 4.78 is 11.3. The average Bonchev–Trinajstić information content (AvgIpc) is 2.91. The van der Waals surface area contributed by atoms with E-state index in [0.29, 0.717) is 31.9 Å². The molecule has 6 heteroatoms. The maximum atomic E-state index is 11.9. The number of para-hydroxylation sites is 2. The van der Waals surface area contributed by atoms with E-state index in [1.807, 2.05) is 24.3 Å². The Morgan fingerprint density at radius 2 is 2.20 bits per heavy atom. The second-order valence-corrected chi connectivity index (χ2v) is 5.09. The van der Waals surface area contributed by atoms with Gasteiger partial charge >= 0.3 is 0 Å². The van der Waals surface area contributed by atoms with Crippen molar-refractivity contribution in [2.45, 2.75) is 24.7 Å². The summed E-state index contributed by atoms with van der Waals surface area (Å²) >= 11 is 0. The molecule has 0 aromatic heterocycles. The fraction of sp³-hybridized carbons (Fsp3) is 0.500. The number of carbonyl (C=O) groups is 1. The minimum atomic E-state index is -0.438. The number of rotatable bonds is 3. The van der Waals surface area contributed by atoms with Gasteiger partial charge < -0.3 is 25.2 Å². The van der Waals surface area contributed by atoms with E-state index in [1.54, 1.807) is 0 Å². The number of benzene rings is 1. The fourth-order valence-electron chi connectivity index (χ4n) is 2.42. The highest BCUT2D eigenvalue weighted by molar-refractivity contribution is 5.82. The molecule has 1 aromatic rings. The molecule has 1 saturated heterocycles. The lowest BCUT2D eigenvalue weighted by Gasteiger charge is -2.26. The number of nitrogens with one attached hydrogen (secondary N) is 2. The van der Waals surface area contributed by atoms with E-state index in [9.17, 15) is 9.90 Å². The second kappa shape index (κ2) is 5.68. The first-order valence-electron chi connectivity index (χ1n) is 6.80. The molecule has 3 N–H and O–H groups in total. The molecule has 3 rings (SSSR count). The topological polar surface area (TPSA) is 79.8 Å². The number of ether oxygens (including phenoxy) is 2. The first-order valence-corrected chi connectivity index (χ1v) is 6.80. The molecule has 1 amide bonds. The smallest absolute Gasteiger partial charge is 0.237 e. The van der Waals surface area contributed by atoms with Crippen LogP contribution < -0.4 is 20.1 Å². The molecule has 1 aromatic carbocycles. The zero-order valence-corrected chi connectivity index (χ0v) is 11.0. The van der Waals surface area contributed by atoms with Crippen LogP contribution in [-0.2, 0) is 4.79 Å². The minimum Gasteiger partial charge on any atom is -0.486 e. The normalized spacial score (nSPS) is 28.1. The van der Waals surface area contributed by atoms with Gasteiger partial charge in [0.05, 0.1) is 18.7 Å². The highest BCUT2D eigenvalue weighted by atomic mass is 16.6. The van der Waals surface area contributed by atoms with Gasteiger partial charge in [-0.1, -0.05) is 12.1 Å². The van der Waals surface area contributed by atoms with Crippen LogP contribution in [0.15, 0.2) is 24.3 Å². The largest absolute Gasteiger partial charge is 0.486 e. The molecule has 0 radical (unpaired) electrons. The van der Waals surface area contributed by atoms with Crippen LogP contribution in [0.25, 0.3) is 0 Å². The van der Waals surface area contributed by atoms with Crippen LogP contribution in [0.3, 0.4) is 0 Å². The standard InChI is InChI=1S/C14H18N2O4/c17-9-5-11(15-6-9)14(18)16-7-10-8-19-12-3-1-2-4-13(12)20-10/h1-4,9-11,15,17H,5-8H2,(H,16,18). The van der Waals surface area contributed by atoms with Crippen molar-refractivity contribution in [2.24, 2.45) is 0 Å². The van der Waals surface area contributed by atoms with Crippen LogP contribution in [0, 0.1) is 0 Å². The number of fused-ring (bicyclic) bond motifs is 1. The third kappa shape index (κ3) is 2.86. The summed E-state index contributed by atoms with van der Waals surface area (Å²) in [5.41, 5.74) is 0. The fourth-order valence-corrected chi connectivity index (χ4v) is 2.42. The van der Waals surface area contributed by atoms with Crippen molar-refractivity contribution in [1.82, 2.24) is 10.6 Å². The van der Waals surface area contributed by atoms with E-state index >= 15 is 0 Å². The summed E-state index contributed by atoms with van der Waals surface area (Å²) in [5, 5.41) is 15.2. The van der Waals surface area contributed by atoms with Gasteiger partial charge in [-0.25, -0.2) is 0 Å². The molecular weight excluding hydrogens is 260 g/mol. The summed E-state index contributed by atoms with van der Waals surface area (Å²) in [6.07, 6.45) is -0.177. The third-order valence-corrected chi connectivity index (χ3v) is 3.50. The van der Waals surface area contributed by atoms with E-state index in [1.165, 1.54) is 0 Å². The number of aliphatic hydroxyl groups is 1. The molecular formula is C14H18N2O4. The van der Waals surface area contributed by atoms with Gasteiger partial charge in [0.25, 0.3) is 0 Å². The average molecular weight is 278 g/mol. The number of amides is 1. The molecule has 0 aliphatic carbocycles. The highest BCUT2D eigenvalue weighted by Crippen LogP contribution is 2.30. The summed E-state index contributed by atoms with van der Waals surface area (Å²) in [6.45, 7) is 1.27. The summed E-state index contributed by atoms with van der Waals surface area (Å²) in [4.78, 5) is 11.9. The predicted molar refractivity (Wildman–Crippen MR) is 71.8 cm³/mol. The maximum Gasteiger partial charge on any atom is 0.237 e. The Hall–Kier alpha value is -1.79. The van der Waals surface area contributed by atoms with Gasteiger partial charge in [-0.05, 0) is 18.6 Å². The number of carbonyl (C=O) groups excluding carboxylic acids is 1. The van der Waals surface area contributed by atoms with Crippen LogP contribution in [0.4, 0.5) is 0 Å². The van der Waals surface area contributed by atoms with E-state index in [2.05, 4.69) is 10.6 Å². The third-order valence-electron chi connectivity index (χ3n) is 3.50. The van der Waals surface area contributed by atoms with Crippen molar-refractivity contribution in [1.29, 1.82) is 0 Å². The summed E-state index contributed by atoms with van der Waals surface area (Å²) in [6, 6.07) is 7.15.